The van der Waals surface area contributed by atoms with Crippen LogP contribution in [0.4, 0.5) is 0 Å². The Hall–Kier alpha value is -1.26. The van der Waals surface area contributed by atoms with Gasteiger partial charge in [0.2, 0.25) is 0 Å². The maximum Gasteiger partial charge on any atom is 0.122 e. The first-order valence-electron chi connectivity index (χ1n) is 3.40. The highest BCUT2D eigenvalue weighted by molar-refractivity contribution is 6.00. The molecule has 1 aromatic carbocycles. The second-order valence-electron chi connectivity index (χ2n) is 2.41. The minimum absolute atomic E-state index is 0. The molecule has 0 heterocycles. The van der Waals surface area contributed by atoms with Gasteiger partial charge in [0.25, 0.3) is 0 Å². The first-order valence-corrected chi connectivity index (χ1v) is 3.40. The van der Waals surface area contributed by atoms with Crippen molar-refractivity contribution < 1.29 is 0 Å². The van der Waals surface area contributed by atoms with Crippen LogP contribution in [0, 0.1) is 10.8 Å². The van der Waals surface area contributed by atoms with Crippen molar-refractivity contribution in [1.82, 2.24) is 0 Å². The third kappa shape index (κ3) is 3.64. The van der Waals surface area contributed by atoms with Crippen molar-refractivity contribution in [2.75, 3.05) is 0 Å². The molecule has 0 spiro atoms. The summed E-state index contributed by atoms with van der Waals surface area (Å²) in [7, 11) is 0. The molecule has 0 aliphatic carbocycles. The number of benzene rings is 1. The van der Waals surface area contributed by atoms with Gasteiger partial charge in [-0.15, -0.1) is 24.8 Å². The van der Waals surface area contributed by atoms with E-state index in [4.69, 9.17) is 22.3 Å². The molecule has 6 heteroatoms. The Morgan fingerprint density at radius 1 is 0.929 bits per heavy atom. The van der Waals surface area contributed by atoms with Gasteiger partial charge in [-0.1, -0.05) is 18.2 Å². The highest BCUT2D eigenvalue weighted by atomic mass is 35.5. The van der Waals surface area contributed by atoms with Crippen molar-refractivity contribution in [3.63, 3.8) is 0 Å². The van der Waals surface area contributed by atoms with Gasteiger partial charge in [-0.2, -0.15) is 0 Å². The van der Waals surface area contributed by atoms with Gasteiger partial charge in [0.15, 0.2) is 0 Å². The molecule has 78 valence electrons. The van der Waals surface area contributed by atoms with Crippen LogP contribution < -0.4 is 11.5 Å². The Labute approximate surface area is 94.5 Å². The van der Waals surface area contributed by atoms with Crippen LogP contribution >= 0.6 is 24.8 Å². The Kier molecular flexibility index (Phi) is 6.78. The highest BCUT2D eigenvalue weighted by Crippen LogP contribution is 2.03. The van der Waals surface area contributed by atoms with Gasteiger partial charge in [-0.05, 0) is 6.07 Å². The van der Waals surface area contributed by atoms with Crippen LogP contribution in [0.1, 0.15) is 11.1 Å². The molecule has 6 N–H and O–H groups in total. The number of amidine groups is 2. The van der Waals surface area contributed by atoms with E-state index in [-0.39, 0.29) is 36.5 Å². The summed E-state index contributed by atoms with van der Waals surface area (Å²) in [5.41, 5.74) is 11.7. The molecule has 0 bridgehead atoms. The normalized spacial score (nSPS) is 8.00. The molecule has 4 nitrogen and oxygen atoms in total. The number of hydrogen-bond acceptors (Lipinski definition) is 2. The second-order valence-corrected chi connectivity index (χ2v) is 2.41. The van der Waals surface area contributed by atoms with Crippen molar-refractivity contribution in [3.8, 4) is 0 Å². The molecule has 0 amide bonds. The van der Waals surface area contributed by atoms with Crippen molar-refractivity contribution in [1.29, 1.82) is 10.8 Å². The lowest BCUT2D eigenvalue weighted by Gasteiger charge is -2.00. The zero-order valence-electron chi connectivity index (χ0n) is 7.28. The summed E-state index contributed by atoms with van der Waals surface area (Å²) in [4.78, 5) is 0. The van der Waals surface area contributed by atoms with Crippen LogP contribution in [0.5, 0.6) is 0 Å². The molecule has 1 aromatic rings. The van der Waals surface area contributed by atoms with Gasteiger partial charge >= 0.3 is 0 Å². The van der Waals surface area contributed by atoms with Gasteiger partial charge in [0, 0.05) is 11.1 Å². The van der Waals surface area contributed by atoms with Crippen molar-refractivity contribution >= 4 is 36.5 Å². The number of nitrogens with one attached hydrogen (secondary N) is 2. The highest BCUT2D eigenvalue weighted by Gasteiger charge is 1.99. The number of nitrogens with two attached hydrogens (primary N) is 2. The lowest BCUT2D eigenvalue weighted by Crippen LogP contribution is -2.15. The fourth-order valence-corrected chi connectivity index (χ4v) is 0.854. The third-order valence-electron chi connectivity index (χ3n) is 1.48. The van der Waals surface area contributed by atoms with E-state index < -0.39 is 0 Å². The van der Waals surface area contributed by atoms with Crippen LogP contribution in [0.25, 0.3) is 0 Å². The Morgan fingerprint density at radius 2 is 1.29 bits per heavy atom. The number of hydrogen-bond donors (Lipinski definition) is 4. The van der Waals surface area contributed by atoms with E-state index in [1.807, 2.05) is 0 Å². The molecule has 0 radical (unpaired) electrons. The zero-order valence-corrected chi connectivity index (χ0v) is 8.91. The Balaban J connectivity index is 0. The molecule has 1 rings (SSSR count). The summed E-state index contributed by atoms with van der Waals surface area (Å²) in [5, 5.41) is 14.3. The molecule has 0 saturated carbocycles. The van der Waals surface area contributed by atoms with Crippen LogP contribution in [0.2, 0.25) is 0 Å². The first-order chi connectivity index (χ1) is 5.61. The molecule has 0 unspecified atom stereocenters. The predicted molar refractivity (Wildman–Crippen MR) is 63.0 cm³/mol. The van der Waals surface area contributed by atoms with Crippen molar-refractivity contribution in [3.05, 3.63) is 35.4 Å². The maximum atomic E-state index is 7.14. The van der Waals surface area contributed by atoms with E-state index in [1.54, 1.807) is 24.3 Å². The van der Waals surface area contributed by atoms with E-state index in [0.29, 0.717) is 11.1 Å². The molecular formula is C8H12Cl2N4. The van der Waals surface area contributed by atoms with E-state index in [0.717, 1.165) is 0 Å². The Bertz CT molecular complexity index is 309. The average molecular weight is 235 g/mol. The number of halogens is 2. The van der Waals surface area contributed by atoms with Crippen LogP contribution in [0.3, 0.4) is 0 Å². The van der Waals surface area contributed by atoms with Crippen LogP contribution in [0.15, 0.2) is 24.3 Å². The number of nitrogen functional groups attached to an aromatic ring is 2. The molecule has 0 fully saturated rings. The molecule has 14 heavy (non-hydrogen) atoms. The standard InChI is InChI=1S/C8H10N4.2ClH/c9-7(10)5-2-1-3-6(4-5)8(11)12;;/h1-4H,(H3,9,10)(H3,11,12);2*1H. The Morgan fingerprint density at radius 3 is 1.57 bits per heavy atom. The molecular weight excluding hydrogens is 223 g/mol. The first kappa shape index (κ1) is 15.2. The average Bonchev–Trinajstić information content (AvgIpc) is 2.04. The molecule has 0 aliphatic heterocycles. The smallest absolute Gasteiger partial charge is 0.122 e. The topological polar surface area (TPSA) is 99.7 Å². The SMILES string of the molecule is Cl.Cl.N=C(N)c1cccc(C(=N)N)c1. The van der Waals surface area contributed by atoms with Crippen LogP contribution in [-0.4, -0.2) is 11.7 Å². The number of rotatable bonds is 2. The van der Waals surface area contributed by atoms with E-state index in [2.05, 4.69) is 0 Å². The van der Waals surface area contributed by atoms with E-state index >= 15 is 0 Å². The van der Waals surface area contributed by atoms with Crippen molar-refractivity contribution in [2.24, 2.45) is 11.5 Å². The summed E-state index contributed by atoms with van der Waals surface area (Å²) >= 11 is 0. The minimum atomic E-state index is -0.0156. The van der Waals surface area contributed by atoms with E-state index in [9.17, 15) is 0 Å². The maximum absolute atomic E-state index is 7.14. The largest absolute Gasteiger partial charge is 0.384 e. The molecule has 0 atom stereocenters. The molecule has 0 saturated heterocycles. The molecule has 0 aromatic heterocycles. The fourth-order valence-electron chi connectivity index (χ4n) is 0.854. The van der Waals surface area contributed by atoms with Gasteiger partial charge in [0.05, 0.1) is 0 Å². The predicted octanol–water partition coefficient (Wildman–Crippen LogP) is 1.10. The second kappa shape index (κ2) is 6.23. The quantitative estimate of drug-likeness (QED) is 0.455. The lowest BCUT2D eigenvalue weighted by molar-refractivity contribution is 1.39. The summed E-state index contributed by atoms with van der Waals surface area (Å²) in [5.74, 6) is -0.0313. The third-order valence-corrected chi connectivity index (χ3v) is 1.48. The van der Waals surface area contributed by atoms with Gasteiger partial charge in [-0.25, -0.2) is 0 Å². The van der Waals surface area contributed by atoms with Gasteiger partial charge in [0.1, 0.15) is 11.7 Å². The van der Waals surface area contributed by atoms with Gasteiger partial charge < -0.3 is 11.5 Å². The monoisotopic (exact) mass is 234 g/mol. The van der Waals surface area contributed by atoms with Gasteiger partial charge in [-0.3, -0.25) is 10.8 Å². The zero-order chi connectivity index (χ0) is 9.14. The summed E-state index contributed by atoms with van der Waals surface area (Å²) in [6.45, 7) is 0. The van der Waals surface area contributed by atoms with Crippen molar-refractivity contribution in [2.45, 2.75) is 0 Å². The van der Waals surface area contributed by atoms with E-state index in [1.165, 1.54) is 0 Å². The summed E-state index contributed by atoms with van der Waals surface area (Å²) in [6, 6.07) is 6.74. The summed E-state index contributed by atoms with van der Waals surface area (Å²) < 4.78 is 0. The minimum Gasteiger partial charge on any atom is -0.384 e. The summed E-state index contributed by atoms with van der Waals surface area (Å²) in [6.07, 6.45) is 0. The van der Waals surface area contributed by atoms with Crippen LogP contribution in [-0.2, 0) is 0 Å². The molecule has 0 aliphatic rings. The fraction of sp³-hybridized carbons (Fsp3) is 0. The lowest BCUT2D eigenvalue weighted by atomic mass is 10.1.